The van der Waals surface area contributed by atoms with Crippen molar-refractivity contribution in [3.8, 4) is 11.4 Å². The summed E-state index contributed by atoms with van der Waals surface area (Å²) < 4.78 is 57.4. The molecule has 1 heterocycles. The molecule has 2 aromatic carbocycles. The molecule has 0 aliphatic carbocycles. The van der Waals surface area contributed by atoms with E-state index in [9.17, 15) is 22.4 Å². The van der Waals surface area contributed by atoms with Gasteiger partial charge in [0.25, 0.3) is 0 Å². The molecule has 3 rings (SSSR count). The van der Waals surface area contributed by atoms with Crippen LogP contribution in [0.5, 0.6) is 0 Å². The first-order valence-corrected chi connectivity index (χ1v) is 10.8. The van der Waals surface area contributed by atoms with Gasteiger partial charge in [0.05, 0.1) is 5.56 Å². The summed E-state index contributed by atoms with van der Waals surface area (Å²) in [6, 6.07) is 10.7. The number of rotatable bonds is 10. The summed E-state index contributed by atoms with van der Waals surface area (Å²) in [5.74, 6) is 0.149. The van der Waals surface area contributed by atoms with Gasteiger partial charge in [-0.3, -0.25) is 4.79 Å². The van der Waals surface area contributed by atoms with Crippen molar-refractivity contribution in [1.82, 2.24) is 19.9 Å². The molecule has 0 saturated heterocycles. The average Bonchev–Trinajstić information content (AvgIpc) is 3.25. The molecule has 1 amide bonds. The zero-order valence-electron chi connectivity index (χ0n) is 19.0. The van der Waals surface area contributed by atoms with Crippen molar-refractivity contribution in [2.75, 3.05) is 27.2 Å². The van der Waals surface area contributed by atoms with Crippen LogP contribution in [0.2, 0.25) is 0 Å². The number of halogens is 4. The molecule has 3 aromatic rings. The molecule has 6 nitrogen and oxygen atoms in total. The van der Waals surface area contributed by atoms with Gasteiger partial charge in [0.1, 0.15) is 5.82 Å². The number of hydrogen-bond donors (Lipinski definition) is 0. The molecule has 0 aliphatic heterocycles. The van der Waals surface area contributed by atoms with Gasteiger partial charge in [0.2, 0.25) is 17.6 Å². The summed E-state index contributed by atoms with van der Waals surface area (Å²) in [6.07, 6.45) is -3.46. The van der Waals surface area contributed by atoms with Crippen molar-refractivity contribution < 1.29 is 26.9 Å². The van der Waals surface area contributed by atoms with Gasteiger partial charge in [-0.2, -0.15) is 18.2 Å². The largest absolute Gasteiger partial charge is 0.416 e. The van der Waals surface area contributed by atoms with Crippen LogP contribution in [0.1, 0.15) is 29.9 Å². The second kappa shape index (κ2) is 11.2. The molecule has 1 aromatic heterocycles. The number of amides is 1. The van der Waals surface area contributed by atoms with Gasteiger partial charge in [-0.25, -0.2) is 4.39 Å². The Morgan fingerprint density at radius 2 is 1.79 bits per heavy atom. The lowest BCUT2D eigenvalue weighted by atomic mass is 10.1. The van der Waals surface area contributed by atoms with Crippen LogP contribution < -0.4 is 0 Å². The third kappa shape index (κ3) is 7.38. The summed E-state index contributed by atoms with van der Waals surface area (Å²) in [5.41, 5.74) is 0.296. The molecule has 0 atom stereocenters. The Kier molecular flexibility index (Phi) is 8.38. The molecule has 0 saturated carbocycles. The summed E-state index contributed by atoms with van der Waals surface area (Å²) in [6.45, 7) is 1.05. The maximum absolute atomic E-state index is 13.1. The Labute approximate surface area is 195 Å². The first-order valence-electron chi connectivity index (χ1n) is 10.8. The van der Waals surface area contributed by atoms with E-state index >= 15 is 0 Å². The molecule has 0 radical (unpaired) electrons. The third-order valence-corrected chi connectivity index (χ3v) is 5.15. The van der Waals surface area contributed by atoms with E-state index < -0.39 is 11.7 Å². The molecule has 0 bridgehead atoms. The second-order valence-electron chi connectivity index (χ2n) is 8.19. The Hall–Kier alpha value is -3.27. The van der Waals surface area contributed by atoms with Crippen LogP contribution in [-0.4, -0.2) is 53.0 Å². The van der Waals surface area contributed by atoms with Gasteiger partial charge in [-0.1, -0.05) is 17.3 Å². The van der Waals surface area contributed by atoms with Crippen LogP contribution in [0.15, 0.2) is 53.1 Å². The van der Waals surface area contributed by atoms with E-state index in [4.69, 9.17) is 4.52 Å². The Balaban J connectivity index is 1.59. The average molecular weight is 478 g/mol. The molecular weight excluding hydrogens is 452 g/mol. The number of likely N-dealkylation sites (N-methyl/N-ethyl adjacent to an activating group) is 1. The predicted molar refractivity (Wildman–Crippen MR) is 118 cm³/mol. The molecule has 0 unspecified atom stereocenters. The van der Waals surface area contributed by atoms with Gasteiger partial charge in [-0.15, -0.1) is 0 Å². The summed E-state index contributed by atoms with van der Waals surface area (Å²) in [7, 11) is 3.72. The minimum atomic E-state index is -4.44. The number of benzene rings is 2. The van der Waals surface area contributed by atoms with Crippen LogP contribution >= 0.6 is 0 Å². The predicted octanol–water partition coefficient (Wildman–Crippen LogP) is 4.81. The highest BCUT2D eigenvalue weighted by Crippen LogP contribution is 2.29. The number of carbonyl (C=O) groups excluding carboxylic acids is 1. The van der Waals surface area contributed by atoms with Crippen molar-refractivity contribution >= 4 is 5.91 Å². The van der Waals surface area contributed by atoms with Gasteiger partial charge >= 0.3 is 6.18 Å². The lowest BCUT2D eigenvalue weighted by Crippen LogP contribution is -2.36. The van der Waals surface area contributed by atoms with Crippen LogP contribution in [0.3, 0.4) is 0 Å². The third-order valence-electron chi connectivity index (χ3n) is 5.15. The second-order valence-corrected chi connectivity index (χ2v) is 8.19. The fraction of sp³-hybridized carbons (Fsp3) is 0.375. The Morgan fingerprint density at radius 1 is 1.06 bits per heavy atom. The van der Waals surface area contributed by atoms with Crippen LogP contribution in [0, 0.1) is 5.82 Å². The van der Waals surface area contributed by atoms with Crippen LogP contribution in [0.25, 0.3) is 11.4 Å². The summed E-state index contributed by atoms with van der Waals surface area (Å²) in [5, 5.41) is 3.88. The maximum Gasteiger partial charge on any atom is 0.416 e. The molecule has 34 heavy (non-hydrogen) atoms. The number of hydrogen-bond acceptors (Lipinski definition) is 5. The lowest BCUT2D eigenvalue weighted by molar-refractivity contribution is -0.137. The van der Waals surface area contributed by atoms with Crippen molar-refractivity contribution in [2.24, 2.45) is 0 Å². The standard InChI is InChI=1S/C24H26F4N4O2/c1-31(2)13-14-32(16-17-5-3-6-19(15-17)24(26,27)28)22(33)8-4-7-21-29-23(30-34-21)18-9-11-20(25)12-10-18/h3,5-6,9-12,15H,4,7-8,13-14,16H2,1-2H3. The van der Waals surface area contributed by atoms with E-state index in [0.29, 0.717) is 48.8 Å². The zero-order valence-corrected chi connectivity index (χ0v) is 19.0. The topological polar surface area (TPSA) is 62.5 Å². The highest BCUT2D eigenvalue weighted by Gasteiger charge is 2.30. The number of aryl methyl sites for hydroxylation is 1. The summed E-state index contributed by atoms with van der Waals surface area (Å²) >= 11 is 0. The van der Waals surface area contributed by atoms with Crippen molar-refractivity contribution in [1.29, 1.82) is 0 Å². The quantitative estimate of drug-likeness (QED) is 0.392. The molecule has 0 N–H and O–H groups in total. The van der Waals surface area contributed by atoms with Crippen molar-refractivity contribution in [2.45, 2.75) is 32.0 Å². The van der Waals surface area contributed by atoms with Gasteiger partial charge in [-0.05, 0) is 62.5 Å². The van der Waals surface area contributed by atoms with Gasteiger partial charge in [0.15, 0.2) is 0 Å². The molecule has 0 fully saturated rings. The zero-order chi connectivity index (χ0) is 24.7. The highest BCUT2D eigenvalue weighted by molar-refractivity contribution is 5.76. The van der Waals surface area contributed by atoms with E-state index in [1.807, 2.05) is 19.0 Å². The monoisotopic (exact) mass is 478 g/mol. The fourth-order valence-electron chi connectivity index (χ4n) is 3.30. The van der Waals surface area contributed by atoms with Crippen LogP contribution in [-0.2, 0) is 23.9 Å². The first kappa shape index (κ1) is 25.4. The molecule has 0 aliphatic rings. The van der Waals surface area contributed by atoms with Crippen LogP contribution in [0.4, 0.5) is 17.6 Å². The fourth-order valence-corrected chi connectivity index (χ4v) is 3.30. The maximum atomic E-state index is 13.1. The molecule has 0 spiro atoms. The normalized spacial score (nSPS) is 11.7. The van der Waals surface area contributed by atoms with E-state index in [1.54, 1.807) is 23.1 Å². The molecular formula is C24H26F4N4O2. The van der Waals surface area contributed by atoms with Gasteiger partial charge in [0, 0.05) is 38.0 Å². The Bertz CT molecular complexity index is 1080. The highest BCUT2D eigenvalue weighted by atomic mass is 19.4. The van der Waals surface area contributed by atoms with E-state index in [-0.39, 0.29) is 24.7 Å². The molecule has 10 heteroatoms. The summed E-state index contributed by atoms with van der Waals surface area (Å²) in [4.78, 5) is 20.6. The van der Waals surface area contributed by atoms with Gasteiger partial charge < -0.3 is 14.3 Å². The van der Waals surface area contributed by atoms with E-state index in [0.717, 1.165) is 12.1 Å². The van der Waals surface area contributed by atoms with E-state index in [2.05, 4.69) is 10.1 Å². The van der Waals surface area contributed by atoms with Crippen molar-refractivity contribution in [3.05, 3.63) is 71.4 Å². The number of alkyl halides is 3. The van der Waals surface area contributed by atoms with E-state index in [1.165, 1.54) is 18.2 Å². The first-order chi connectivity index (χ1) is 16.1. The van der Waals surface area contributed by atoms with Crippen molar-refractivity contribution in [3.63, 3.8) is 0 Å². The number of aromatic nitrogens is 2. The smallest absolute Gasteiger partial charge is 0.339 e. The Morgan fingerprint density at radius 3 is 2.47 bits per heavy atom. The number of nitrogens with zero attached hydrogens (tertiary/aromatic N) is 4. The minimum absolute atomic E-state index is 0.0892. The lowest BCUT2D eigenvalue weighted by Gasteiger charge is -2.25. The SMILES string of the molecule is CN(C)CCN(Cc1cccc(C(F)(F)F)c1)C(=O)CCCc1nc(-c2ccc(F)cc2)no1. The molecule has 182 valence electrons. The number of carbonyl (C=O) groups is 1. The minimum Gasteiger partial charge on any atom is -0.339 e.